The maximum absolute atomic E-state index is 12.2. The molecule has 1 aliphatic heterocycles. The molecule has 1 heterocycles. The summed E-state index contributed by atoms with van der Waals surface area (Å²) < 4.78 is 0. The molecule has 0 atom stereocenters. The molecule has 2 fully saturated rings. The lowest BCUT2D eigenvalue weighted by molar-refractivity contribution is -0.117. The van der Waals surface area contributed by atoms with Crippen LogP contribution in [0.2, 0.25) is 0 Å². The van der Waals surface area contributed by atoms with Crippen LogP contribution >= 0.6 is 0 Å². The maximum Gasteiger partial charge on any atom is 0.224 e. The first-order valence-corrected chi connectivity index (χ1v) is 8.22. The van der Waals surface area contributed by atoms with Gasteiger partial charge in [0.25, 0.3) is 0 Å². The summed E-state index contributed by atoms with van der Waals surface area (Å²) in [7, 11) is 0. The fourth-order valence-electron chi connectivity index (χ4n) is 3.48. The molecule has 1 aromatic carbocycles. The summed E-state index contributed by atoms with van der Waals surface area (Å²) in [6, 6.07) is 7.08. The summed E-state index contributed by atoms with van der Waals surface area (Å²) >= 11 is 0. The minimum atomic E-state index is 0.171. The molecule has 1 saturated heterocycles. The monoisotopic (exact) mass is 286 g/mol. The van der Waals surface area contributed by atoms with Gasteiger partial charge >= 0.3 is 0 Å². The highest BCUT2D eigenvalue weighted by molar-refractivity contribution is 5.91. The second kappa shape index (κ2) is 6.18. The molecule has 3 heteroatoms. The van der Waals surface area contributed by atoms with Crippen molar-refractivity contribution in [1.29, 1.82) is 0 Å². The first kappa shape index (κ1) is 14.6. The molecule has 1 aromatic rings. The van der Waals surface area contributed by atoms with Crippen molar-refractivity contribution < 1.29 is 4.79 Å². The van der Waals surface area contributed by atoms with Gasteiger partial charge in [-0.2, -0.15) is 0 Å². The van der Waals surface area contributed by atoms with E-state index in [2.05, 4.69) is 30.1 Å². The third-order valence-corrected chi connectivity index (χ3v) is 4.69. The van der Waals surface area contributed by atoms with E-state index in [1.165, 1.54) is 49.9 Å². The van der Waals surface area contributed by atoms with E-state index in [9.17, 15) is 4.79 Å². The number of hydrogen-bond acceptors (Lipinski definition) is 2. The van der Waals surface area contributed by atoms with E-state index in [0.717, 1.165) is 11.7 Å². The van der Waals surface area contributed by atoms with E-state index < -0.39 is 0 Å². The Bertz CT molecular complexity index is 494. The zero-order valence-corrected chi connectivity index (χ0v) is 13.2. The van der Waals surface area contributed by atoms with Gasteiger partial charge in [-0.05, 0) is 81.8 Å². The Morgan fingerprint density at radius 2 is 1.71 bits per heavy atom. The topological polar surface area (TPSA) is 32.3 Å². The Balaban J connectivity index is 1.47. The Labute approximate surface area is 127 Å². The van der Waals surface area contributed by atoms with Gasteiger partial charge in [0.1, 0.15) is 0 Å². The number of carbonyl (C=O) groups excluding carboxylic acids is 1. The van der Waals surface area contributed by atoms with Gasteiger partial charge in [-0.1, -0.05) is 6.07 Å². The molecule has 0 aromatic heterocycles. The molecule has 1 N–H and O–H groups in total. The molecule has 1 aliphatic carbocycles. The van der Waals surface area contributed by atoms with Crippen molar-refractivity contribution in [2.75, 3.05) is 18.4 Å². The predicted octanol–water partition coefficient (Wildman–Crippen LogP) is 3.51. The first-order chi connectivity index (χ1) is 10.1. The number of anilines is 1. The summed E-state index contributed by atoms with van der Waals surface area (Å²) in [5, 5.41) is 3.06. The normalized spacial score (nSPS) is 20.5. The number of hydrogen-bond donors (Lipinski definition) is 1. The summed E-state index contributed by atoms with van der Waals surface area (Å²) in [6.45, 7) is 6.50. The van der Waals surface area contributed by atoms with Crippen LogP contribution in [0.25, 0.3) is 0 Å². The summed E-state index contributed by atoms with van der Waals surface area (Å²) in [5.41, 5.74) is 3.33. The number of benzene rings is 1. The minimum Gasteiger partial charge on any atom is -0.326 e. The number of piperidine rings is 1. The van der Waals surface area contributed by atoms with Crippen LogP contribution in [0.3, 0.4) is 0 Å². The van der Waals surface area contributed by atoms with Gasteiger partial charge in [0.2, 0.25) is 5.91 Å². The molecule has 3 rings (SSSR count). The molecule has 2 aliphatic rings. The number of aryl methyl sites for hydroxylation is 2. The number of rotatable bonds is 4. The number of nitrogens with zero attached hydrogens (tertiary/aromatic N) is 1. The zero-order chi connectivity index (χ0) is 14.8. The molecule has 21 heavy (non-hydrogen) atoms. The fraction of sp³-hybridized carbons (Fsp3) is 0.611. The number of nitrogens with one attached hydrogen (secondary N) is 1. The van der Waals surface area contributed by atoms with E-state index in [1.54, 1.807) is 0 Å². The molecular formula is C18H26N2O. The third kappa shape index (κ3) is 4.07. The zero-order valence-electron chi connectivity index (χ0n) is 13.2. The van der Waals surface area contributed by atoms with Gasteiger partial charge in [-0.3, -0.25) is 4.79 Å². The molecule has 1 amide bonds. The van der Waals surface area contributed by atoms with Crippen molar-refractivity contribution in [3.05, 3.63) is 29.3 Å². The quantitative estimate of drug-likeness (QED) is 0.918. The van der Waals surface area contributed by atoms with Crippen molar-refractivity contribution in [1.82, 2.24) is 4.90 Å². The lowest BCUT2D eigenvalue weighted by Crippen LogP contribution is -2.36. The smallest absolute Gasteiger partial charge is 0.224 e. The highest BCUT2D eigenvalue weighted by Gasteiger charge is 2.32. The van der Waals surface area contributed by atoms with Gasteiger partial charge in [-0.25, -0.2) is 0 Å². The third-order valence-electron chi connectivity index (χ3n) is 4.69. The molecule has 0 unspecified atom stereocenters. The second-order valence-corrected chi connectivity index (χ2v) is 6.84. The Morgan fingerprint density at radius 3 is 2.29 bits per heavy atom. The van der Waals surface area contributed by atoms with E-state index in [4.69, 9.17) is 0 Å². The summed E-state index contributed by atoms with van der Waals surface area (Å²) in [6.07, 6.45) is 5.80. The van der Waals surface area contributed by atoms with Crippen molar-refractivity contribution >= 4 is 11.6 Å². The maximum atomic E-state index is 12.2. The minimum absolute atomic E-state index is 0.171. The first-order valence-electron chi connectivity index (χ1n) is 8.22. The SMILES string of the molecule is Cc1cc(C)cc(NC(=O)CC2CCN(C3CC3)CC2)c1. The fourth-order valence-corrected chi connectivity index (χ4v) is 3.48. The van der Waals surface area contributed by atoms with E-state index in [0.29, 0.717) is 12.3 Å². The van der Waals surface area contributed by atoms with Gasteiger partial charge in [-0.15, -0.1) is 0 Å². The van der Waals surface area contributed by atoms with Gasteiger partial charge in [0, 0.05) is 18.2 Å². The van der Waals surface area contributed by atoms with Crippen LogP contribution in [0.4, 0.5) is 5.69 Å². The highest BCUT2D eigenvalue weighted by atomic mass is 16.1. The predicted molar refractivity (Wildman–Crippen MR) is 86.5 cm³/mol. The standard InChI is InChI=1S/C18H26N2O/c1-13-9-14(2)11-16(10-13)19-18(21)12-15-5-7-20(8-6-15)17-3-4-17/h9-11,15,17H,3-8,12H2,1-2H3,(H,19,21). The van der Waals surface area contributed by atoms with Crippen LogP contribution < -0.4 is 5.32 Å². The van der Waals surface area contributed by atoms with E-state index in [1.807, 2.05) is 12.1 Å². The van der Waals surface area contributed by atoms with Crippen LogP contribution in [-0.4, -0.2) is 29.9 Å². The molecule has 3 nitrogen and oxygen atoms in total. The van der Waals surface area contributed by atoms with Crippen LogP contribution in [0.5, 0.6) is 0 Å². The summed E-state index contributed by atoms with van der Waals surface area (Å²) in [4.78, 5) is 14.8. The van der Waals surface area contributed by atoms with Crippen LogP contribution in [0.15, 0.2) is 18.2 Å². The van der Waals surface area contributed by atoms with Gasteiger partial charge < -0.3 is 10.2 Å². The van der Waals surface area contributed by atoms with Gasteiger partial charge in [0.05, 0.1) is 0 Å². The van der Waals surface area contributed by atoms with E-state index in [-0.39, 0.29) is 5.91 Å². The van der Waals surface area contributed by atoms with Crippen LogP contribution in [-0.2, 0) is 4.79 Å². The Morgan fingerprint density at radius 1 is 1.10 bits per heavy atom. The average Bonchev–Trinajstić information content (AvgIpc) is 3.22. The van der Waals surface area contributed by atoms with Crippen LogP contribution in [0, 0.1) is 19.8 Å². The van der Waals surface area contributed by atoms with Crippen molar-refractivity contribution in [3.63, 3.8) is 0 Å². The molecule has 114 valence electrons. The lowest BCUT2D eigenvalue weighted by Gasteiger charge is -2.31. The van der Waals surface area contributed by atoms with Crippen molar-refractivity contribution in [3.8, 4) is 0 Å². The molecule has 0 bridgehead atoms. The Hall–Kier alpha value is -1.35. The molecule has 0 radical (unpaired) electrons. The highest BCUT2D eigenvalue weighted by Crippen LogP contribution is 2.31. The number of amides is 1. The molecule has 1 saturated carbocycles. The van der Waals surface area contributed by atoms with Crippen molar-refractivity contribution in [2.24, 2.45) is 5.92 Å². The average molecular weight is 286 g/mol. The van der Waals surface area contributed by atoms with Crippen molar-refractivity contribution in [2.45, 2.75) is 52.0 Å². The second-order valence-electron chi connectivity index (χ2n) is 6.84. The number of carbonyl (C=O) groups is 1. The van der Waals surface area contributed by atoms with E-state index >= 15 is 0 Å². The van der Waals surface area contributed by atoms with Crippen LogP contribution in [0.1, 0.15) is 43.2 Å². The largest absolute Gasteiger partial charge is 0.326 e. The number of likely N-dealkylation sites (tertiary alicyclic amines) is 1. The molecular weight excluding hydrogens is 260 g/mol. The Kier molecular flexibility index (Phi) is 4.29. The molecule has 0 spiro atoms. The summed E-state index contributed by atoms with van der Waals surface area (Å²) in [5.74, 6) is 0.732. The van der Waals surface area contributed by atoms with Gasteiger partial charge in [0.15, 0.2) is 0 Å². The lowest BCUT2D eigenvalue weighted by atomic mass is 9.93.